The summed E-state index contributed by atoms with van der Waals surface area (Å²) >= 11 is 0. The first kappa shape index (κ1) is 17.3. The number of benzene rings is 1. The maximum absolute atomic E-state index is 11.8. The van der Waals surface area contributed by atoms with E-state index in [4.69, 9.17) is 9.47 Å². The topological polar surface area (TPSA) is 59.6 Å². The summed E-state index contributed by atoms with van der Waals surface area (Å²) in [7, 11) is 1.61. The van der Waals surface area contributed by atoms with Gasteiger partial charge in [0.2, 0.25) is 0 Å². The zero-order valence-electron chi connectivity index (χ0n) is 13.6. The highest BCUT2D eigenvalue weighted by Crippen LogP contribution is 2.24. The molecule has 0 aliphatic carbocycles. The van der Waals surface area contributed by atoms with Crippen molar-refractivity contribution in [3.63, 3.8) is 0 Å². The predicted octanol–water partition coefficient (Wildman–Crippen LogP) is 2.10. The van der Waals surface area contributed by atoms with Crippen molar-refractivity contribution in [2.45, 2.75) is 39.8 Å². The fraction of sp³-hybridized carbons (Fsp3) is 0.562. The van der Waals surface area contributed by atoms with Gasteiger partial charge in [-0.15, -0.1) is 0 Å². The summed E-state index contributed by atoms with van der Waals surface area (Å²) in [6, 6.07) is 5.63. The molecule has 2 N–H and O–H groups in total. The van der Waals surface area contributed by atoms with Crippen LogP contribution in [0.4, 0.5) is 0 Å². The van der Waals surface area contributed by atoms with Crippen molar-refractivity contribution in [2.24, 2.45) is 0 Å². The molecule has 0 atom stereocenters. The Morgan fingerprint density at radius 1 is 1.29 bits per heavy atom. The van der Waals surface area contributed by atoms with Gasteiger partial charge in [0.15, 0.2) is 6.61 Å². The minimum atomic E-state index is -0.262. The smallest absolute Gasteiger partial charge is 0.258 e. The molecule has 0 aliphatic rings. The fourth-order valence-corrected chi connectivity index (χ4v) is 1.80. The van der Waals surface area contributed by atoms with Crippen molar-refractivity contribution in [3.05, 3.63) is 23.8 Å². The normalized spacial score (nSPS) is 11.1. The highest BCUT2D eigenvalue weighted by atomic mass is 16.5. The molecule has 118 valence electrons. The minimum Gasteiger partial charge on any atom is -0.497 e. The Kier molecular flexibility index (Phi) is 6.49. The zero-order valence-corrected chi connectivity index (χ0v) is 13.6. The van der Waals surface area contributed by atoms with E-state index in [1.54, 1.807) is 13.2 Å². The molecule has 5 heteroatoms. The van der Waals surface area contributed by atoms with Crippen LogP contribution in [-0.4, -0.2) is 31.7 Å². The molecule has 0 fully saturated rings. The highest BCUT2D eigenvalue weighted by Gasteiger charge is 2.15. The lowest BCUT2D eigenvalue weighted by Crippen LogP contribution is -2.43. The van der Waals surface area contributed by atoms with E-state index in [0.717, 1.165) is 12.1 Å². The number of methoxy groups -OCH3 is 1. The van der Waals surface area contributed by atoms with Crippen molar-refractivity contribution >= 4 is 5.91 Å². The Bertz CT molecular complexity index is 467. The maximum atomic E-state index is 11.8. The fourth-order valence-electron chi connectivity index (χ4n) is 1.80. The number of amides is 1. The lowest BCUT2D eigenvalue weighted by atomic mass is 10.1. The van der Waals surface area contributed by atoms with Crippen molar-refractivity contribution in [1.82, 2.24) is 10.6 Å². The van der Waals surface area contributed by atoms with Crippen LogP contribution >= 0.6 is 0 Å². The minimum absolute atomic E-state index is 0.0104. The van der Waals surface area contributed by atoms with E-state index in [1.165, 1.54) is 0 Å². The van der Waals surface area contributed by atoms with E-state index in [2.05, 4.69) is 10.6 Å². The van der Waals surface area contributed by atoms with Crippen LogP contribution in [0.25, 0.3) is 0 Å². The third-order valence-corrected chi connectivity index (χ3v) is 2.71. The monoisotopic (exact) mass is 294 g/mol. The molecule has 0 saturated carbocycles. The summed E-state index contributed by atoms with van der Waals surface area (Å²) in [5, 5.41) is 6.12. The highest BCUT2D eigenvalue weighted by molar-refractivity contribution is 5.78. The molecule has 1 aromatic rings. The number of hydrogen-bond acceptors (Lipinski definition) is 4. The van der Waals surface area contributed by atoms with E-state index < -0.39 is 0 Å². The molecular weight excluding hydrogens is 268 g/mol. The Balaban J connectivity index is 2.72. The van der Waals surface area contributed by atoms with Crippen LogP contribution in [0.1, 0.15) is 33.3 Å². The van der Waals surface area contributed by atoms with Gasteiger partial charge in [0.1, 0.15) is 11.5 Å². The van der Waals surface area contributed by atoms with Gasteiger partial charge < -0.3 is 20.1 Å². The van der Waals surface area contributed by atoms with Crippen LogP contribution in [0.5, 0.6) is 11.5 Å². The SMILES string of the molecule is CCNCc1ccc(OC)cc1OCC(=O)NC(C)(C)C. The van der Waals surface area contributed by atoms with Gasteiger partial charge in [0.05, 0.1) is 7.11 Å². The molecule has 1 aromatic carbocycles. The standard InChI is InChI=1S/C16H26N2O3/c1-6-17-10-12-7-8-13(20-5)9-14(12)21-11-15(19)18-16(2,3)4/h7-9,17H,6,10-11H2,1-5H3,(H,18,19). The molecule has 21 heavy (non-hydrogen) atoms. The van der Waals surface area contributed by atoms with Crippen LogP contribution in [0.3, 0.4) is 0 Å². The van der Waals surface area contributed by atoms with Gasteiger partial charge in [-0.05, 0) is 33.4 Å². The first-order chi connectivity index (χ1) is 9.85. The molecule has 1 rings (SSSR count). The first-order valence-corrected chi connectivity index (χ1v) is 7.17. The van der Waals surface area contributed by atoms with Crippen molar-refractivity contribution in [3.8, 4) is 11.5 Å². The first-order valence-electron chi connectivity index (χ1n) is 7.17. The third-order valence-electron chi connectivity index (χ3n) is 2.71. The number of ether oxygens (including phenoxy) is 2. The summed E-state index contributed by atoms with van der Waals surface area (Å²) in [6.07, 6.45) is 0. The lowest BCUT2D eigenvalue weighted by Gasteiger charge is -2.21. The second-order valence-corrected chi connectivity index (χ2v) is 5.84. The average Bonchev–Trinajstić information content (AvgIpc) is 2.41. The number of nitrogens with one attached hydrogen (secondary N) is 2. The van der Waals surface area contributed by atoms with E-state index >= 15 is 0 Å². The Morgan fingerprint density at radius 2 is 2.00 bits per heavy atom. The van der Waals surface area contributed by atoms with Gasteiger partial charge in [0.25, 0.3) is 5.91 Å². The van der Waals surface area contributed by atoms with Crippen molar-refractivity contribution in [2.75, 3.05) is 20.3 Å². The lowest BCUT2D eigenvalue weighted by molar-refractivity contribution is -0.124. The maximum Gasteiger partial charge on any atom is 0.258 e. The number of rotatable bonds is 7. The summed E-state index contributed by atoms with van der Waals surface area (Å²) in [4.78, 5) is 11.8. The molecule has 1 amide bonds. The molecule has 0 unspecified atom stereocenters. The Hall–Kier alpha value is -1.75. The summed E-state index contributed by atoms with van der Waals surface area (Å²) in [6.45, 7) is 9.41. The van der Waals surface area contributed by atoms with Gasteiger partial charge in [-0.2, -0.15) is 0 Å². The third kappa shape index (κ3) is 6.49. The molecule has 0 bridgehead atoms. The van der Waals surface area contributed by atoms with Gasteiger partial charge in [-0.25, -0.2) is 0 Å². The van der Waals surface area contributed by atoms with Gasteiger partial charge in [0, 0.05) is 23.7 Å². The molecule has 5 nitrogen and oxygen atoms in total. The quantitative estimate of drug-likeness (QED) is 0.808. The number of hydrogen-bond donors (Lipinski definition) is 2. The van der Waals surface area contributed by atoms with Crippen LogP contribution < -0.4 is 20.1 Å². The Labute approximate surface area is 127 Å². The van der Waals surface area contributed by atoms with E-state index in [9.17, 15) is 4.79 Å². The van der Waals surface area contributed by atoms with Crippen molar-refractivity contribution in [1.29, 1.82) is 0 Å². The molecule has 0 aliphatic heterocycles. The van der Waals surface area contributed by atoms with Gasteiger partial charge >= 0.3 is 0 Å². The summed E-state index contributed by atoms with van der Waals surface area (Å²) in [5.41, 5.74) is 0.739. The zero-order chi connectivity index (χ0) is 15.9. The second-order valence-electron chi connectivity index (χ2n) is 5.84. The molecule has 0 saturated heterocycles. The molecule has 0 aromatic heterocycles. The van der Waals surface area contributed by atoms with E-state index in [-0.39, 0.29) is 18.1 Å². The summed E-state index contributed by atoms with van der Waals surface area (Å²) in [5.74, 6) is 1.24. The second kappa shape index (κ2) is 7.88. The van der Waals surface area contributed by atoms with Crippen LogP contribution in [0.15, 0.2) is 18.2 Å². The number of carbonyl (C=O) groups is 1. The van der Waals surface area contributed by atoms with Gasteiger partial charge in [-0.3, -0.25) is 4.79 Å². The van der Waals surface area contributed by atoms with Crippen LogP contribution in [-0.2, 0) is 11.3 Å². The van der Waals surface area contributed by atoms with Gasteiger partial charge in [-0.1, -0.05) is 13.0 Å². The number of carbonyl (C=O) groups excluding carboxylic acids is 1. The van der Waals surface area contributed by atoms with Crippen LogP contribution in [0, 0.1) is 0 Å². The van der Waals surface area contributed by atoms with Crippen LogP contribution in [0.2, 0.25) is 0 Å². The van der Waals surface area contributed by atoms with E-state index in [1.807, 2.05) is 39.8 Å². The molecule has 0 radical (unpaired) electrons. The summed E-state index contributed by atoms with van der Waals surface area (Å²) < 4.78 is 10.9. The molecule has 0 spiro atoms. The molecule has 0 heterocycles. The average molecular weight is 294 g/mol. The molecular formula is C16H26N2O3. The Morgan fingerprint density at radius 3 is 2.57 bits per heavy atom. The van der Waals surface area contributed by atoms with E-state index in [0.29, 0.717) is 18.0 Å². The van der Waals surface area contributed by atoms with Crippen molar-refractivity contribution < 1.29 is 14.3 Å². The largest absolute Gasteiger partial charge is 0.497 e. The predicted molar refractivity (Wildman–Crippen MR) is 83.8 cm³/mol.